The monoisotopic (exact) mass is 814 g/mol. The van der Waals surface area contributed by atoms with Gasteiger partial charge in [0.1, 0.15) is 0 Å². The van der Waals surface area contributed by atoms with Crippen molar-refractivity contribution >= 4 is 7.92 Å². The Kier molecular flexibility index (Phi) is 13.7. The van der Waals surface area contributed by atoms with Crippen molar-refractivity contribution < 1.29 is 119 Å². The Morgan fingerprint density at radius 3 is 0.551 bits per heavy atom. The van der Waals surface area contributed by atoms with Crippen LogP contribution in [0.3, 0.4) is 0 Å². The van der Waals surface area contributed by atoms with Gasteiger partial charge in [-0.25, -0.2) is 0 Å². The van der Waals surface area contributed by atoms with Crippen LogP contribution in [0.25, 0.3) is 0 Å². The molecule has 0 nitrogen and oxygen atoms in total. The van der Waals surface area contributed by atoms with E-state index in [0.717, 1.165) is 0 Å². The predicted molar refractivity (Wildman–Crippen MR) is 112 cm³/mol. The summed E-state index contributed by atoms with van der Waals surface area (Å²) >= 11 is 0. The molecule has 0 aliphatic rings. The molecule has 0 bridgehead atoms. The zero-order valence-electron chi connectivity index (χ0n) is 23.0. The van der Waals surface area contributed by atoms with Gasteiger partial charge in [0.2, 0.25) is 0 Å². The van der Waals surface area contributed by atoms with E-state index in [1.54, 1.807) is 0 Å². The first-order chi connectivity index (χ1) is 21.0. The average molecular weight is 814 g/mol. The van der Waals surface area contributed by atoms with Crippen LogP contribution < -0.4 is 0 Å². The molecule has 0 rings (SSSR count). The number of halogens is 27. The minimum absolute atomic E-state index is 1.42. The lowest BCUT2D eigenvalue weighted by Gasteiger charge is -2.34. The van der Waals surface area contributed by atoms with E-state index in [4.69, 9.17) is 0 Å². The molecule has 0 heterocycles. The third kappa shape index (κ3) is 9.13. The fourth-order valence-electron chi connectivity index (χ4n) is 3.60. The number of alkyl halides is 27. The molecule has 296 valence electrons. The van der Waals surface area contributed by atoms with Gasteiger partial charge in [-0.3, -0.25) is 0 Å². The van der Waals surface area contributed by atoms with Crippen LogP contribution in [-0.4, -0.2) is 90.3 Å². The van der Waals surface area contributed by atoms with Crippen LogP contribution in [-0.2, 0) is 0 Å². The highest BCUT2D eigenvalue weighted by molar-refractivity contribution is 7.57. The molecule has 0 aliphatic heterocycles. The maximum atomic E-state index is 13.8. The molecule has 49 heavy (non-hydrogen) atoms. The highest BCUT2D eigenvalue weighted by Gasteiger charge is 2.83. The summed E-state index contributed by atoms with van der Waals surface area (Å²) < 4.78 is 351. The Morgan fingerprint density at radius 2 is 0.408 bits per heavy atom. The molecule has 0 spiro atoms. The summed E-state index contributed by atoms with van der Waals surface area (Å²) in [6.45, 7) is 0. The molecular formula is C21H18F27P. The smallest absolute Gasteiger partial charge is 0.200 e. The first-order valence-electron chi connectivity index (χ1n) is 12.4. The molecule has 0 amide bonds. The maximum Gasteiger partial charge on any atom is 0.460 e. The van der Waals surface area contributed by atoms with E-state index in [1.807, 2.05) is 0 Å². The molecule has 0 unspecified atom stereocenters. The second-order valence-corrected chi connectivity index (χ2v) is 12.9. The van der Waals surface area contributed by atoms with E-state index < -0.39 is 137 Å². The lowest BCUT2D eigenvalue weighted by atomic mass is 10.00. The molecule has 0 aromatic carbocycles. The zero-order valence-corrected chi connectivity index (χ0v) is 23.9. The van der Waals surface area contributed by atoms with Crippen molar-refractivity contribution in [2.45, 2.75) is 110 Å². The fourth-order valence-corrected chi connectivity index (χ4v) is 6.09. The highest BCUT2D eigenvalue weighted by atomic mass is 31.1. The van der Waals surface area contributed by atoms with Crippen LogP contribution >= 0.6 is 7.92 Å². The summed E-state index contributed by atoms with van der Waals surface area (Å²) in [4.78, 5) is 0. The van der Waals surface area contributed by atoms with Crippen LogP contribution in [0.1, 0.15) is 38.5 Å². The van der Waals surface area contributed by atoms with Gasteiger partial charge in [-0.2, -0.15) is 119 Å². The quantitative estimate of drug-likeness (QED) is 0.0955. The third-order valence-corrected chi connectivity index (χ3v) is 9.37. The van der Waals surface area contributed by atoms with Crippen LogP contribution in [0, 0.1) is 0 Å². The summed E-state index contributed by atoms with van der Waals surface area (Å²) in [7, 11) is -2.94. The van der Waals surface area contributed by atoms with Gasteiger partial charge in [-0.1, -0.05) is 0 Å². The molecule has 0 aromatic rings. The van der Waals surface area contributed by atoms with E-state index in [2.05, 4.69) is 0 Å². The van der Waals surface area contributed by atoms with Gasteiger partial charge in [0.25, 0.3) is 0 Å². The summed E-state index contributed by atoms with van der Waals surface area (Å²) in [6.07, 6.45) is -39.6. The van der Waals surface area contributed by atoms with Crippen molar-refractivity contribution in [1.82, 2.24) is 0 Å². The molecule has 0 saturated heterocycles. The molecule has 0 aliphatic carbocycles. The van der Waals surface area contributed by atoms with Gasteiger partial charge in [0.15, 0.2) is 0 Å². The predicted octanol–water partition coefficient (Wildman–Crippen LogP) is 12.2. The minimum atomic E-state index is -7.43. The molecule has 0 N–H and O–H groups in total. The van der Waals surface area contributed by atoms with Crippen molar-refractivity contribution in [2.75, 3.05) is 18.5 Å². The minimum Gasteiger partial charge on any atom is -0.200 e. The molecule has 0 atom stereocenters. The number of rotatable bonds is 18. The van der Waals surface area contributed by atoms with Gasteiger partial charge in [0, 0.05) is 19.3 Å². The lowest BCUT2D eigenvalue weighted by molar-refractivity contribution is -0.396. The standard InChI is InChI=1S/C21H18F27P/c22-10(23,13(28,29)16(34,35)19(40,41)42)4-1-7-49(8-2-5-11(24,25)14(30,31)17(36,37)20(43,44)45)9-3-6-12(26,27)15(32,33)18(38,39)21(46,47)48/h1-9H2. The highest BCUT2D eigenvalue weighted by Crippen LogP contribution is 2.58. The van der Waals surface area contributed by atoms with Crippen molar-refractivity contribution in [1.29, 1.82) is 0 Å². The van der Waals surface area contributed by atoms with Crippen LogP contribution in [0.4, 0.5) is 119 Å². The van der Waals surface area contributed by atoms with E-state index >= 15 is 0 Å². The summed E-state index contributed by atoms with van der Waals surface area (Å²) in [5, 5.41) is 0. The summed E-state index contributed by atoms with van der Waals surface area (Å²) in [5.41, 5.74) is 0. The first kappa shape index (κ1) is 47.5. The van der Waals surface area contributed by atoms with Crippen molar-refractivity contribution in [2.24, 2.45) is 0 Å². The van der Waals surface area contributed by atoms with Gasteiger partial charge >= 0.3 is 71.8 Å². The van der Waals surface area contributed by atoms with Gasteiger partial charge in [-0.15, -0.1) is 7.92 Å². The fraction of sp³-hybridized carbons (Fsp3) is 1.00. The van der Waals surface area contributed by atoms with Crippen molar-refractivity contribution in [3.63, 3.8) is 0 Å². The van der Waals surface area contributed by atoms with E-state index in [0.29, 0.717) is 0 Å². The Bertz CT molecular complexity index is 931. The van der Waals surface area contributed by atoms with E-state index in [9.17, 15) is 119 Å². The molecule has 28 heteroatoms. The topological polar surface area (TPSA) is 0 Å². The Morgan fingerprint density at radius 1 is 0.245 bits per heavy atom. The van der Waals surface area contributed by atoms with Gasteiger partial charge in [-0.05, 0) is 37.7 Å². The van der Waals surface area contributed by atoms with Crippen LogP contribution in [0.2, 0.25) is 0 Å². The average Bonchev–Trinajstić information content (AvgIpc) is 2.85. The largest absolute Gasteiger partial charge is 0.460 e. The Hall–Kier alpha value is -1.46. The summed E-state index contributed by atoms with van der Waals surface area (Å²) in [5.74, 6) is -63.0. The SMILES string of the molecule is FC(F)(F)C(F)(F)C(F)(F)C(F)(F)CCCP(CCCC(F)(F)C(F)(F)C(F)(F)C(F)(F)F)CCCC(F)(F)C(F)(F)C(F)(F)C(F)(F)F. The summed E-state index contributed by atoms with van der Waals surface area (Å²) in [6, 6.07) is 0. The lowest BCUT2D eigenvalue weighted by Crippen LogP contribution is -2.60. The number of hydrogen-bond donors (Lipinski definition) is 0. The van der Waals surface area contributed by atoms with E-state index in [1.165, 1.54) is 0 Å². The molecule has 0 radical (unpaired) electrons. The second kappa shape index (κ2) is 14.2. The Balaban J connectivity index is 6.13. The number of hydrogen-bond acceptors (Lipinski definition) is 0. The van der Waals surface area contributed by atoms with Gasteiger partial charge < -0.3 is 0 Å². The first-order valence-corrected chi connectivity index (χ1v) is 14.3. The Labute approximate surface area is 256 Å². The second-order valence-electron chi connectivity index (χ2n) is 10.2. The van der Waals surface area contributed by atoms with Gasteiger partial charge in [0.05, 0.1) is 0 Å². The molecular weight excluding hydrogens is 796 g/mol. The van der Waals surface area contributed by atoms with Crippen molar-refractivity contribution in [3.05, 3.63) is 0 Å². The van der Waals surface area contributed by atoms with Crippen molar-refractivity contribution in [3.8, 4) is 0 Å². The zero-order chi connectivity index (χ0) is 39.9. The normalized spacial score (nSPS) is 16.2. The maximum absolute atomic E-state index is 13.8. The third-order valence-electron chi connectivity index (χ3n) is 6.52. The molecule has 0 fully saturated rings. The molecule has 0 saturated carbocycles. The van der Waals surface area contributed by atoms with Crippen LogP contribution in [0.15, 0.2) is 0 Å². The molecule has 0 aromatic heterocycles. The van der Waals surface area contributed by atoms with E-state index in [-0.39, 0.29) is 0 Å². The van der Waals surface area contributed by atoms with Crippen LogP contribution in [0.5, 0.6) is 0 Å².